The van der Waals surface area contributed by atoms with Gasteiger partial charge < -0.3 is 4.79 Å². The lowest BCUT2D eigenvalue weighted by molar-refractivity contribution is -0.108. The van der Waals surface area contributed by atoms with Crippen molar-refractivity contribution in [1.82, 2.24) is 0 Å². The summed E-state index contributed by atoms with van der Waals surface area (Å²) in [5.74, 6) is -0.600. The van der Waals surface area contributed by atoms with Crippen LogP contribution in [0.2, 0.25) is 0 Å². The molecule has 1 atom stereocenters. The average molecular weight is 242 g/mol. The van der Waals surface area contributed by atoms with Crippen LogP contribution in [0, 0.1) is 19.7 Å². The van der Waals surface area contributed by atoms with E-state index >= 15 is 0 Å². The van der Waals surface area contributed by atoms with E-state index in [0.29, 0.717) is 0 Å². The van der Waals surface area contributed by atoms with Gasteiger partial charge in [0.1, 0.15) is 12.1 Å². The summed E-state index contributed by atoms with van der Waals surface area (Å²) in [7, 11) is 0. The highest BCUT2D eigenvalue weighted by molar-refractivity contribution is 5.70. The van der Waals surface area contributed by atoms with E-state index in [-0.39, 0.29) is 11.7 Å². The summed E-state index contributed by atoms with van der Waals surface area (Å²) in [6.45, 7) is 3.80. The Morgan fingerprint density at radius 1 is 1.00 bits per heavy atom. The van der Waals surface area contributed by atoms with Crippen LogP contribution in [0.15, 0.2) is 42.5 Å². The quantitative estimate of drug-likeness (QED) is 0.749. The third-order valence-corrected chi connectivity index (χ3v) is 3.23. The van der Waals surface area contributed by atoms with Crippen molar-refractivity contribution >= 4 is 6.29 Å². The molecule has 2 aromatic carbocycles. The number of benzene rings is 2. The second-order valence-electron chi connectivity index (χ2n) is 4.47. The van der Waals surface area contributed by atoms with Gasteiger partial charge in [-0.2, -0.15) is 0 Å². The molecule has 2 aromatic rings. The van der Waals surface area contributed by atoms with Crippen molar-refractivity contribution in [3.05, 3.63) is 70.5 Å². The molecule has 0 saturated heterocycles. The van der Waals surface area contributed by atoms with E-state index in [1.54, 1.807) is 6.07 Å². The van der Waals surface area contributed by atoms with Gasteiger partial charge in [0, 0.05) is 0 Å². The molecule has 0 heterocycles. The van der Waals surface area contributed by atoms with Gasteiger partial charge in [0.2, 0.25) is 0 Å². The van der Waals surface area contributed by atoms with Crippen LogP contribution in [0.1, 0.15) is 28.2 Å². The fraction of sp³-hybridized carbons (Fsp3) is 0.188. The lowest BCUT2D eigenvalue weighted by Crippen LogP contribution is -2.06. The summed E-state index contributed by atoms with van der Waals surface area (Å²) < 4.78 is 13.1. The standard InChI is InChI=1S/C16H15FO/c1-11-5-3-4-6-14(11)16(10-18)15-8-7-13(17)9-12(15)2/h3-10,16H,1-2H3. The zero-order valence-electron chi connectivity index (χ0n) is 10.5. The van der Waals surface area contributed by atoms with Crippen molar-refractivity contribution in [2.24, 2.45) is 0 Å². The fourth-order valence-corrected chi connectivity index (χ4v) is 2.24. The number of aldehydes is 1. The summed E-state index contributed by atoms with van der Waals surface area (Å²) in [4.78, 5) is 11.4. The second kappa shape index (κ2) is 5.13. The first-order valence-electron chi connectivity index (χ1n) is 5.90. The van der Waals surface area contributed by atoms with Crippen LogP contribution in [0.5, 0.6) is 0 Å². The Labute approximate surface area is 106 Å². The summed E-state index contributed by atoms with van der Waals surface area (Å²) in [5, 5.41) is 0. The molecule has 1 nitrogen and oxygen atoms in total. The topological polar surface area (TPSA) is 17.1 Å². The van der Waals surface area contributed by atoms with Crippen LogP contribution in [0.3, 0.4) is 0 Å². The molecule has 2 heteroatoms. The maximum absolute atomic E-state index is 13.1. The summed E-state index contributed by atoms with van der Waals surface area (Å²) in [6, 6.07) is 12.3. The third kappa shape index (κ3) is 2.33. The van der Waals surface area contributed by atoms with Crippen LogP contribution in [-0.2, 0) is 4.79 Å². The van der Waals surface area contributed by atoms with Gasteiger partial charge in [-0.05, 0) is 48.2 Å². The SMILES string of the molecule is Cc1ccccc1C(C=O)c1ccc(F)cc1C. The molecule has 0 aliphatic carbocycles. The van der Waals surface area contributed by atoms with E-state index in [0.717, 1.165) is 28.5 Å². The predicted octanol–water partition coefficient (Wildman–Crippen LogP) is 3.77. The Hall–Kier alpha value is -1.96. The number of carbonyl (C=O) groups is 1. The van der Waals surface area contributed by atoms with Gasteiger partial charge in [-0.15, -0.1) is 0 Å². The molecule has 0 amide bonds. The van der Waals surface area contributed by atoms with Crippen molar-refractivity contribution < 1.29 is 9.18 Å². The van der Waals surface area contributed by atoms with Crippen LogP contribution in [0.25, 0.3) is 0 Å². The highest BCUT2D eigenvalue weighted by atomic mass is 19.1. The third-order valence-electron chi connectivity index (χ3n) is 3.23. The number of hydrogen-bond donors (Lipinski definition) is 0. The largest absolute Gasteiger partial charge is 0.302 e. The molecule has 1 unspecified atom stereocenters. The summed E-state index contributed by atoms with van der Waals surface area (Å²) in [5.41, 5.74) is 3.71. The zero-order valence-corrected chi connectivity index (χ0v) is 10.5. The van der Waals surface area contributed by atoms with Gasteiger partial charge in [0.05, 0.1) is 5.92 Å². The lowest BCUT2D eigenvalue weighted by atomic mass is 9.87. The Balaban J connectivity index is 2.52. The number of halogens is 1. The van der Waals surface area contributed by atoms with E-state index in [1.165, 1.54) is 12.1 Å². The molecule has 0 fully saturated rings. The van der Waals surface area contributed by atoms with Gasteiger partial charge in [0.25, 0.3) is 0 Å². The van der Waals surface area contributed by atoms with E-state index in [9.17, 15) is 9.18 Å². The minimum atomic E-state index is -0.327. The van der Waals surface area contributed by atoms with Crippen LogP contribution >= 0.6 is 0 Å². The highest BCUT2D eigenvalue weighted by Crippen LogP contribution is 2.28. The Morgan fingerprint density at radius 2 is 1.67 bits per heavy atom. The number of rotatable bonds is 3. The molecule has 0 bridgehead atoms. The van der Waals surface area contributed by atoms with E-state index < -0.39 is 0 Å². The monoisotopic (exact) mass is 242 g/mol. The smallest absolute Gasteiger partial charge is 0.131 e. The minimum absolute atomic E-state index is 0.273. The second-order valence-corrected chi connectivity index (χ2v) is 4.47. The number of carbonyl (C=O) groups excluding carboxylic acids is 1. The number of hydrogen-bond acceptors (Lipinski definition) is 1. The molecule has 2 rings (SSSR count). The molecule has 0 saturated carbocycles. The summed E-state index contributed by atoms with van der Waals surface area (Å²) >= 11 is 0. The Bertz CT molecular complexity index is 575. The molecule has 0 radical (unpaired) electrons. The van der Waals surface area contributed by atoms with Crippen molar-refractivity contribution in [2.75, 3.05) is 0 Å². The molecule has 18 heavy (non-hydrogen) atoms. The highest BCUT2D eigenvalue weighted by Gasteiger charge is 2.17. The predicted molar refractivity (Wildman–Crippen MR) is 70.2 cm³/mol. The van der Waals surface area contributed by atoms with E-state index in [2.05, 4.69) is 0 Å². The fourth-order valence-electron chi connectivity index (χ4n) is 2.24. The minimum Gasteiger partial charge on any atom is -0.302 e. The molecule has 0 spiro atoms. The average Bonchev–Trinajstić information content (AvgIpc) is 2.34. The molecule has 0 aliphatic heterocycles. The summed E-state index contributed by atoms with van der Waals surface area (Å²) in [6.07, 6.45) is 0.919. The van der Waals surface area contributed by atoms with Crippen LogP contribution in [0.4, 0.5) is 4.39 Å². The molecular formula is C16H15FO. The molecule has 0 aliphatic rings. The van der Waals surface area contributed by atoms with Gasteiger partial charge >= 0.3 is 0 Å². The van der Waals surface area contributed by atoms with Gasteiger partial charge in [-0.25, -0.2) is 4.39 Å². The molecule has 0 aromatic heterocycles. The van der Waals surface area contributed by atoms with Crippen molar-refractivity contribution in [1.29, 1.82) is 0 Å². The first-order valence-corrected chi connectivity index (χ1v) is 5.90. The van der Waals surface area contributed by atoms with Gasteiger partial charge in [0.15, 0.2) is 0 Å². The number of aryl methyl sites for hydroxylation is 2. The normalized spacial score (nSPS) is 12.2. The van der Waals surface area contributed by atoms with Crippen LogP contribution < -0.4 is 0 Å². The maximum atomic E-state index is 13.1. The first-order chi connectivity index (χ1) is 8.63. The van der Waals surface area contributed by atoms with Crippen LogP contribution in [-0.4, -0.2) is 6.29 Å². The van der Waals surface area contributed by atoms with Crippen molar-refractivity contribution in [2.45, 2.75) is 19.8 Å². The van der Waals surface area contributed by atoms with E-state index in [4.69, 9.17) is 0 Å². The van der Waals surface area contributed by atoms with Crippen molar-refractivity contribution in [3.63, 3.8) is 0 Å². The Kier molecular flexibility index (Phi) is 3.56. The molecule has 0 N–H and O–H groups in total. The Morgan fingerprint density at radius 3 is 2.28 bits per heavy atom. The van der Waals surface area contributed by atoms with E-state index in [1.807, 2.05) is 38.1 Å². The zero-order chi connectivity index (χ0) is 13.1. The first kappa shape index (κ1) is 12.5. The van der Waals surface area contributed by atoms with Gasteiger partial charge in [-0.3, -0.25) is 0 Å². The van der Waals surface area contributed by atoms with Gasteiger partial charge in [-0.1, -0.05) is 30.3 Å². The molecule has 92 valence electrons. The van der Waals surface area contributed by atoms with Crippen molar-refractivity contribution in [3.8, 4) is 0 Å². The molecular weight excluding hydrogens is 227 g/mol. The lowest BCUT2D eigenvalue weighted by Gasteiger charge is -2.16. The maximum Gasteiger partial charge on any atom is 0.131 e.